The highest BCUT2D eigenvalue weighted by Crippen LogP contribution is 2.37. The second-order valence-corrected chi connectivity index (χ2v) is 5.08. The first-order valence-electron chi connectivity index (χ1n) is 6.23. The molecule has 0 saturated heterocycles. The van der Waals surface area contributed by atoms with Crippen LogP contribution >= 0.6 is 0 Å². The van der Waals surface area contributed by atoms with Crippen molar-refractivity contribution in [2.24, 2.45) is 0 Å². The Morgan fingerprint density at radius 1 is 1.33 bits per heavy atom. The van der Waals surface area contributed by atoms with Gasteiger partial charge in [0, 0.05) is 0 Å². The van der Waals surface area contributed by atoms with Crippen LogP contribution in [0.1, 0.15) is 38.6 Å². The van der Waals surface area contributed by atoms with Crippen molar-refractivity contribution in [3.05, 3.63) is 29.6 Å². The van der Waals surface area contributed by atoms with E-state index in [-0.39, 0.29) is 0 Å². The summed E-state index contributed by atoms with van der Waals surface area (Å²) in [5, 5.41) is 11.9. The van der Waals surface area contributed by atoms with E-state index < -0.39 is 5.60 Å². The number of tetrazole rings is 1. The summed E-state index contributed by atoms with van der Waals surface area (Å²) in [5.41, 5.74) is 1.71. The second kappa shape index (κ2) is 3.80. The molecule has 18 heavy (non-hydrogen) atoms. The Morgan fingerprint density at radius 2 is 2.17 bits per heavy atom. The number of aryl methyl sites for hydroxylation is 1. The number of benzene rings is 1. The first kappa shape index (κ1) is 11.2. The van der Waals surface area contributed by atoms with E-state index in [0.717, 1.165) is 30.1 Å². The maximum atomic E-state index is 5.97. The highest BCUT2D eigenvalue weighted by atomic mass is 16.5. The van der Waals surface area contributed by atoms with Gasteiger partial charge in [0.05, 0.1) is 0 Å². The topological polar surface area (TPSA) is 52.8 Å². The molecule has 1 aromatic carbocycles. The van der Waals surface area contributed by atoms with Gasteiger partial charge >= 0.3 is 0 Å². The fraction of sp³-hybridized carbons (Fsp3) is 0.462. The lowest BCUT2D eigenvalue weighted by atomic mass is 10.0. The molecule has 5 nitrogen and oxygen atoms in total. The SMILES string of the molecule is CCCc1ccc2c(c1)-n1nnnc1C(C)(C)O2. The van der Waals surface area contributed by atoms with Crippen molar-refractivity contribution in [3.8, 4) is 11.4 Å². The van der Waals surface area contributed by atoms with Crippen LogP contribution in [0.3, 0.4) is 0 Å². The molecule has 0 aliphatic carbocycles. The van der Waals surface area contributed by atoms with Crippen LogP contribution in [0.25, 0.3) is 5.69 Å². The molecule has 0 unspecified atom stereocenters. The molecule has 1 aliphatic heterocycles. The zero-order chi connectivity index (χ0) is 12.8. The Balaban J connectivity index is 2.15. The third-order valence-corrected chi connectivity index (χ3v) is 3.16. The normalized spacial score (nSPS) is 15.7. The van der Waals surface area contributed by atoms with Gasteiger partial charge in [0.1, 0.15) is 11.4 Å². The monoisotopic (exact) mass is 244 g/mol. The molecule has 0 atom stereocenters. The Labute approximate surface area is 106 Å². The molecule has 2 heterocycles. The Morgan fingerprint density at radius 3 is 2.94 bits per heavy atom. The zero-order valence-corrected chi connectivity index (χ0v) is 10.8. The molecule has 2 aromatic rings. The molecule has 0 radical (unpaired) electrons. The number of aromatic nitrogens is 4. The van der Waals surface area contributed by atoms with Crippen molar-refractivity contribution >= 4 is 0 Å². The molecular weight excluding hydrogens is 228 g/mol. The Hall–Kier alpha value is -1.91. The predicted molar refractivity (Wildman–Crippen MR) is 66.8 cm³/mol. The molecule has 0 spiro atoms. The minimum atomic E-state index is -0.497. The molecule has 1 aliphatic rings. The van der Waals surface area contributed by atoms with Crippen LogP contribution < -0.4 is 4.74 Å². The van der Waals surface area contributed by atoms with E-state index in [9.17, 15) is 0 Å². The van der Waals surface area contributed by atoms with E-state index >= 15 is 0 Å². The van der Waals surface area contributed by atoms with Gasteiger partial charge in [0.15, 0.2) is 11.4 Å². The van der Waals surface area contributed by atoms with Crippen molar-refractivity contribution in [1.29, 1.82) is 0 Å². The molecule has 0 bridgehead atoms. The zero-order valence-electron chi connectivity index (χ0n) is 10.8. The van der Waals surface area contributed by atoms with Crippen molar-refractivity contribution in [3.63, 3.8) is 0 Å². The van der Waals surface area contributed by atoms with Crippen LogP contribution in [0.2, 0.25) is 0 Å². The molecule has 5 heteroatoms. The van der Waals surface area contributed by atoms with E-state index in [1.807, 2.05) is 19.9 Å². The van der Waals surface area contributed by atoms with Gasteiger partial charge in [-0.3, -0.25) is 0 Å². The number of hydrogen-bond donors (Lipinski definition) is 0. The van der Waals surface area contributed by atoms with E-state index in [1.54, 1.807) is 4.68 Å². The van der Waals surface area contributed by atoms with Gasteiger partial charge in [0.2, 0.25) is 0 Å². The maximum absolute atomic E-state index is 5.97. The lowest BCUT2D eigenvalue weighted by molar-refractivity contribution is 0.0853. The number of nitrogens with zero attached hydrogens (tertiary/aromatic N) is 4. The summed E-state index contributed by atoms with van der Waals surface area (Å²) in [6, 6.07) is 6.22. The summed E-state index contributed by atoms with van der Waals surface area (Å²) in [4.78, 5) is 0. The molecule has 3 rings (SSSR count). The Bertz CT molecular complexity index is 588. The van der Waals surface area contributed by atoms with E-state index in [0.29, 0.717) is 0 Å². The maximum Gasteiger partial charge on any atom is 0.199 e. The first-order valence-corrected chi connectivity index (χ1v) is 6.23. The van der Waals surface area contributed by atoms with E-state index in [1.165, 1.54) is 5.56 Å². The molecule has 0 amide bonds. The summed E-state index contributed by atoms with van der Waals surface area (Å²) in [6.45, 7) is 6.11. The van der Waals surface area contributed by atoms with Crippen LogP contribution in [-0.4, -0.2) is 20.2 Å². The van der Waals surface area contributed by atoms with Gasteiger partial charge in [-0.2, -0.15) is 4.68 Å². The third-order valence-electron chi connectivity index (χ3n) is 3.16. The molecule has 0 N–H and O–H groups in total. The predicted octanol–water partition coefficient (Wildman–Crippen LogP) is 2.24. The van der Waals surface area contributed by atoms with Crippen LogP contribution in [-0.2, 0) is 12.0 Å². The van der Waals surface area contributed by atoms with Gasteiger partial charge in [-0.15, -0.1) is 5.10 Å². The summed E-state index contributed by atoms with van der Waals surface area (Å²) in [5.74, 6) is 1.57. The summed E-state index contributed by atoms with van der Waals surface area (Å²) >= 11 is 0. The van der Waals surface area contributed by atoms with Gasteiger partial charge in [-0.1, -0.05) is 19.4 Å². The van der Waals surface area contributed by atoms with E-state index in [4.69, 9.17) is 4.74 Å². The number of ether oxygens (including phenoxy) is 1. The first-order chi connectivity index (χ1) is 8.62. The highest BCUT2D eigenvalue weighted by Gasteiger charge is 2.36. The molecule has 1 aromatic heterocycles. The van der Waals surface area contributed by atoms with Gasteiger partial charge in [-0.25, -0.2) is 0 Å². The quantitative estimate of drug-likeness (QED) is 0.813. The highest BCUT2D eigenvalue weighted by molar-refractivity contribution is 5.51. The average Bonchev–Trinajstić information content (AvgIpc) is 2.80. The van der Waals surface area contributed by atoms with Crippen LogP contribution in [0.5, 0.6) is 5.75 Å². The van der Waals surface area contributed by atoms with Gasteiger partial charge < -0.3 is 4.74 Å². The van der Waals surface area contributed by atoms with Crippen LogP contribution in [0, 0.1) is 0 Å². The number of rotatable bonds is 2. The Kier molecular flexibility index (Phi) is 2.36. The molecule has 0 saturated carbocycles. The molecule has 94 valence electrons. The average molecular weight is 244 g/mol. The fourth-order valence-electron chi connectivity index (χ4n) is 2.30. The van der Waals surface area contributed by atoms with Crippen molar-refractivity contribution < 1.29 is 4.74 Å². The van der Waals surface area contributed by atoms with Crippen LogP contribution in [0.15, 0.2) is 18.2 Å². The molecule has 0 fully saturated rings. The number of fused-ring (bicyclic) bond motifs is 3. The molecular formula is C13H16N4O. The van der Waals surface area contributed by atoms with Crippen LogP contribution in [0.4, 0.5) is 0 Å². The summed E-state index contributed by atoms with van der Waals surface area (Å²) in [6.07, 6.45) is 2.17. The summed E-state index contributed by atoms with van der Waals surface area (Å²) in [7, 11) is 0. The second-order valence-electron chi connectivity index (χ2n) is 5.08. The largest absolute Gasteiger partial charge is 0.478 e. The fourth-order valence-corrected chi connectivity index (χ4v) is 2.30. The third kappa shape index (κ3) is 1.58. The van der Waals surface area contributed by atoms with E-state index in [2.05, 4.69) is 34.6 Å². The van der Waals surface area contributed by atoms with Gasteiger partial charge in [0.25, 0.3) is 0 Å². The van der Waals surface area contributed by atoms with Crippen molar-refractivity contribution in [1.82, 2.24) is 20.2 Å². The van der Waals surface area contributed by atoms with Crippen molar-refractivity contribution in [2.45, 2.75) is 39.2 Å². The van der Waals surface area contributed by atoms with Crippen molar-refractivity contribution in [2.75, 3.05) is 0 Å². The lowest BCUT2D eigenvalue weighted by Gasteiger charge is -2.31. The number of hydrogen-bond acceptors (Lipinski definition) is 4. The minimum Gasteiger partial charge on any atom is -0.478 e. The minimum absolute atomic E-state index is 0.497. The smallest absolute Gasteiger partial charge is 0.199 e. The van der Waals surface area contributed by atoms with Gasteiger partial charge in [-0.05, 0) is 48.4 Å². The standard InChI is InChI=1S/C13H16N4O/c1-4-5-9-6-7-11-10(8-9)17-12(14-15-16-17)13(2,3)18-11/h6-8H,4-5H2,1-3H3. The lowest BCUT2D eigenvalue weighted by Crippen LogP contribution is -2.33. The summed E-state index contributed by atoms with van der Waals surface area (Å²) < 4.78 is 7.75.